The molecule has 3 fully saturated rings. The third kappa shape index (κ3) is 3.11. The Balaban J connectivity index is 1.68. The van der Waals surface area contributed by atoms with E-state index in [1.165, 1.54) is 25.7 Å². The van der Waals surface area contributed by atoms with Crippen LogP contribution in [-0.4, -0.2) is 55.9 Å². The van der Waals surface area contributed by atoms with Crippen molar-refractivity contribution in [2.75, 3.05) is 32.9 Å². The first kappa shape index (κ1) is 16.1. The molecule has 2 N–H and O–H groups in total. The molecule has 0 aromatic carbocycles. The van der Waals surface area contributed by atoms with Crippen molar-refractivity contribution in [2.45, 2.75) is 64.0 Å². The summed E-state index contributed by atoms with van der Waals surface area (Å²) in [5.74, 6) is 0.757. The largest absolute Gasteiger partial charge is 0.381 e. The van der Waals surface area contributed by atoms with Gasteiger partial charge in [0.2, 0.25) is 0 Å². The average molecular weight is 309 g/mol. The van der Waals surface area contributed by atoms with E-state index >= 15 is 0 Å². The molecule has 1 saturated carbocycles. The predicted octanol–water partition coefficient (Wildman–Crippen LogP) is 2.15. The van der Waals surface area contributed by atoms with E-state index in [-0.39, 0.29) is 5.41 Å². The van der Waals surface area contributed by atoms with Gasteiger partial charge in [-0.2, -0.15) is 0 Å². The molecule has 2 saturated heterocycles. The highest BCUT2D eigenvalue weighted by atomic mass is 16.5. The zero-order valence-corrected chi connectivity index (χ0v) is 13.9. The highest BCUT2D eigenvalue weighted by Gasteiger charge is 2.56. The maximum Gasteiger partial charge on any atom is 0.191 e. The van der Waals surface area contributed by atoms with Crippen LogP contribution in [0.1, 0.15) is 51.9 Å². The van der Waals surface area contributed by atoms with Gasteiger partial charge in [0, 0.05) is 38.3 Å². The molecule has 5 heteroatoms. The van der Waals surface area contributed by atoms with Crippen LogP contribution >= 0.6 is 0 Å². The van der Waals surface area contributed by atoms with Crippen molar-refractivity contribution in [3.8, 4) is 0 Å². The summed E-state index contributed by atoms with van der Waals surface area (Å²) in [6.45, 7) is 6.65. The van der Waals surface area contributed by atoms with Crippen molar-refractivity contribution in [1.82, 2.24) is 4.90 Å². The minimum Gasteiger partial charge on any atom is -0.381 e. The van der Waals surface area contributed by atoms with E-state index in [0.717, 1.165) is 58.1 Å². The summed E-state index contributed by atoms with van der Waals surface area (Å²) in [6.07, 6.45) is 8.58. The number of likely N-dealkylation sites (tertiary alicyclic amines) is 1. The minimum atomic E-state index is 0.171. The van der Waals surface area contributed by atoms with Gasteiger partial charge in [0.1, 0.15) is 0 Å². The first-order chi connectivity index (χ1) is 10.8. The van der Waals surface area contributed by atoms with E-state index in [1.54, 1.807) is 0 Å². The second-order valence-corrected chi connectivity index (χ2v) is 6.93. The SMILES string of the molecule is CCOC1CC(N=C(N)N2CCCCCC2)C12CCOCC2. The molecule has 22 heavy (non-hydrogen) atoms. The number of hydrogen-bond acceptors (Lipinski definition) is 3. The number of nitrogens with zero attached hydrogens (tertiary/aromatic N) is 2. The van der Waals surface area contributed by atoms with Crippen molar-refractivity contribution in [3.63, 3.8) is 0 Å². The van der Waals surface area contributed by atoms with Crippen LogP contribution in [0, 0.1) is 5.41 Å². The van der Waals surface area contributed by atoms with Gasteiger partial charge in [0.05, 0.1) is 12.1 Å². The van der Waals surface area contributed by atoms with Gasteiger partial charge < -0.3 is 20.1 Å². The van der Waals surface area contributed by atoms with Gasteiger partial charge in [-0.1, -0.05) is 12.8 Å². The molecule has 1 aliphatic carbocycles. The number of nitrogens with two attached hydrogens (primary N) is 1. The quantitative estimate of drug-likeness (QED) is 0.641. The van der Waals surface area contributed by atoms with Crippen molar-refractivity contribution in [3.05, 3.63) is 0 Å². The lowest BCUT2D eigenvalue weighted by molar-refractivity contribution is -0.163. The Morgan fingerprint density at radius 1 is 1.23 bits per heavy atom. The lowest BCUT2D eigenvalue weighted by atomic mass is 9.58. The highest BCUT2D eigenvalue weighted by Crippen LogP contribution is 2.52. The van der Waals surface area contributed by atoms with Crippen LogP contribution in [0.2, 0.25) is 0 Å². The summed E-state index contributed by atoms with van der Waals surface area (Å²) >= 11 is 0. The first-order valence-corrected chi connectivity index (χ1v) is 9.04. The molecule has 2 atom stereocenters. The molecule has 3 aliphatic rings. The van der Waals surface area contributed by atoms with Crippen LogP contribution in [0.4, 0.5) is 0 Å². The highest BCUT2D eigenvalue weighted by molar-refractivity contribution is 5.78. The van der Waals surface area contributed by atoms with E-state index in [0.29, 0.717) is 12.1 Å². The maximum atomic E-state index is 6.34. The third-order valence-electron chi connectivity index (χ3n) is 5.75. The Bertz CT molecular complexity index is 385. The lowest BCUT2D eigenvalue weighted by Gasteiger charge is -2.55. The fourth-order valence-electron chi connectivity index (χ4n) is 4.29. The van der Waals surface area contributed by atoms with Gasteiger partial charge >= 0.3 is 0 Å². The Kier molecular flexibility index (Phi) is 5.24. The Morgan fingerprint density at radius 3 is 2.55 bits per heavy atom. The van der Waals surface area contributed by atoms with Crippen LogP contribution in [0.5, 0.6) is 0 Å². The molecule has 0 radical (unpaired) electrons. The van der Waals surface area contributed by atoms with E-state index in [2.05, 4.69) is 11.8 Å². The van der Waals surface area contributed by atoms with Crippen LogP contribution in [-0.2, 0) is 9.47 Å². The number of ether oxygens (including phenoxy) is 2. The van der Waals surface area contributed by atoms with E-state index in [4.69, 9.17) is 20.2 Å². The molecule has 126 valence electrons. The molecule has 0 aromatic heterocycles. The van der Waals surface area contributed by atoms with Gasteiger partial charge in [0.15, 0.2) is 5.96 Å². The number of guanidine groups is 1. The van der Waals surface area contributed by atoms with Crippen LogP contribution < -0.4 is 5.73 Å². The van der Waals surface area contributed by atoms with Crippen LogP contribution in [0.15, 0.2) is 4.99 Å². The lowest BCUT2D eigenvalue weighted by Crippen LogP contribution is -2.60. The zero-order valence-electron chi connectivity index (χ0n) is 13.9. The Morgan fingerprint density at radius 2 is 1.91 bits per heavy atom. The van der Waals surface area contributed by atoms with Crippen molar-refractivity contribution >= 4 is 5.96 Å². The molecular formula is C17H31N3O2. The molecule has 0 amide bonds. The molecule has 3 rings (SSSR count). The van der Waals surface area contributed by atoms with E-state index in [1.807, 2.05) is 0 Å². The predicted molar refractivity (Wildman–Crippen MR) is 88.0 cm³/mol. The topological polar surface area (TPSA) is 60.1 Å². The molecule has 0 aromatic rings. The molecule has 2 heterocycles. The zero-order chi connectivity index (χ0) is 15.4. The standard InChI is InChI=1S/C17H31N3O2/c1-2-22-15-13-14(17(15)7-11-21-12-8-17)19-16(18)20-9-5-3-4-6-10-20/h14-15H,2-13H2,1H3,(H2,18,19). The summed E-state index contributed by atoms with van der Waals surface area (Å²) in [5.41, 5.74) is 6.51. The fourth-order valence-corrected chi connectivity index (χ4v) is 4.29. The number of rotatable bonds is 3. The molecule has 1 spiro atoms. The minimum absolute atomic E-state index is 0.171. The third-order valence-corrected chi connectivity index (χ3v) is 5.75. The summed E-state index contributed by atoms with van der Waals surface area (Å²) in [6, 6.07) is 0.316. The summed E-state index contributed by atoms with van der Waals surface area (Å²) < 4.78 is 11.5. The van der Waals surface area contributed by atoms with Gasteiger partial charge in [-0.3, -0.25) is 0 Å². The first-order valence-electron chi connectivity index (χ1n) is 9.04. The maximum absolute atomic E-state index is 6.34. The van der Waals surface area contributed by atoms with Gasteiger partial charge in [-0.05, 0) is 39.0 Å². The van der Waals surface area contributed by atoms with Crippen molar-refractivity contribution in [2.24, 2.45) is 16.1 Å². The fraction of sp³-hybridized carbons (Fsp3) is 0.941. The molecule has 5 nitrogen and oxygen atoms in total. The van der Waals surface area contributed by atoms with E-state index < -0.39 is 0 Å². The van der Waals surface area contributed by atoms with Gasteiger partial charge in [-0.25, -0.2) is 4.99 Å². The van der Waals surface area contributed by atoms with Gasteiger partial charge in [-0.15, -0.1) is 0 Å². The van der Waals surface area contributed by atoms with Gasteiger partial charge in [0.25, 0.3) is 0 Å². The monoisotopic (exact) mass is 309 g/mol. The van der Waals surface area contributed by atoms with E-state index in [9.17, 15) is 0 Å². The summed E-state index contributed by atoms with van der Waals surface area (Å²) in [7, 11) is 0. The second kappa shape index (κ2) is 7.18. The molecule has 0 bridgehead atoms. The van der Waals surface area contributed by atoms with Crippen molar-refractivity contribution < 1.29 is 9.47 Å². The normalized spacial score (nSPS) is 32.6. The second-order valence-electron chi connectivity index (χ2n) is 6.93. The Labute approximate surface area is 134 Å². The van der Waals surface area contributed by atoms with Crippen LogP contribution in [0.3, 0.4) is 0 Å². The summed E-state index contributed by atoms with van der Waals surface area (Å²) in [5, 5.41) is 0. The molecular weight excluding hydrogens is 278 g/mol. The van der Waals surface area contributed by atoms with Crippen molar-refractivity contribution in [1.29, 1.82) is 0 Å². The molecule has 2 aliphatic heterocycles. The Hall–Kier alpha value is -0.810. The smallest absolute Gasteiger partial charge is 0.191 e. The number of hydrogen-bond donors (Lipinski definition) is 1. The van der Waals surface area contributed by atoms with Crippen LogP contribution in [0.25, 0.3) is 0 Å². The average Bonchev–Trinajstić information content (AvgIpc) is 2.84. The summed E-state index contributed by atoms with van der Waals surface area (Å²) in [4.78, 5) is 7.23. The number of aliphatic imine (C=N–C) groups is 1. The molecule has 2 unspecified atom stereocenters.